The van der Waals surface area contributed by atoms with Gasteiger partial charge in [-0.3, -0.25) is 4.79 Å². The molecule has 1 aromatic rings. The molecule has 102 valence electrons. The second-order valence-corrected chi connectivity index (χ2v) is 5.02. The van der Waals surface area contributed by atoms with Gasteiger partial charge in [-0.25, -0.2) is 0 Å². The van der Waals surface area contributed by atoms with E-state index in [9.17, 15) is 9.90 Å². The average molecular weight is 259 g/mol. The van der Waals surface area contributed by atoms with Gasteiger partial charge >= 0.3 is 0 Å². The van der Waals surface area contributed by atoms with Crippen LogP contribution in [0.2, 0.25) is 0 Å². The molecule has 1 aromatic carbocycles. The molecule has 1 aliphatic rings. The Kier molecular flexibility index (Phi) is 4.74. The first kappa shape index (κ1) is 13.8. The van der Waals surface area contributed by atoms with Crippen molar-refractivity contribution in [3.05, 3.63) is 48.6 Å². The summed E-state index contributed by atoms with van der Waals surface area (Å²) in [5, 5.41) is 10.4. The highest BCUT2D eigenvalue weighted by atomic mass is 16.3. The molecule has 0 aliphatic carbocycles. The molecule has 1 heterocycles. The number of benzene rings is 1. The van der Waals surface area contributed by atoms with E-state index in [-0.39, 0.29) is 11.8 Å². The second-order valence-electron chi connectivity index (χ2n) is 5.02. The molecular weight excluding hydrogens is 238 g/mol. The van der Waals surface area contributed by atoms with Crippen LogP contribution in [0.4, 0.5) is 0 Å². The monoisotopic (exact) mass is 259 g/mol. The number of hydrogen-bond donors (Lipinski definition) is 1. The molecule has 3 nitrogen and oxygen atoms in total. The van der Waals surface area contributed by atoms with Gasteiger partial charge < -0.3 is 10.0 Å². The first-order valence-corrected chi connectivity index (χ1v) is 6.86. The highest BCUT2D eigenvalue weighted by Gasteiger charge is 2.31. The summed E-state index contributed by atoms with van der Waals surface area (Å²) in [6.45, 7) is 5.27. The number of amides is 1. The SMILES string of the molecule is C=CC[C@H](c1ccccc1)[C@H](O)C(=O)N1CCCC1. The normalized spacial score (nSPS) is 18.1. The Labute approximate surface area is 114 Å². The highest BCUT2D eigenvalue weighted by molar-refractivity contribution is 5.82. The lowest BCUT2D eigenvalue weighted by molar-refractivity contribution is -0.140. The van der Waals surface area contributed by atoms with Crippen molar-refractivity contribution in [2.24, 2.45) is 0 Å². The lowest BCUT2D eigenvalue weighted by atomic mass is 9.89. The summed E-state index contributed by atoms with van der Waals surface area (Å²) in [5.41, 5.74) is 0.988. The van der Waals surface area contributed by atoms with Crippen molar-refractivity contribution in [2.75, 3.05) is 13.1 Å². The number of carbonyl (C=O) groups is 1. The van der Waals surface area contributed by atoms with Gasteiger partial charge in [0, 0.05) is 19.0 Å². The summed E-state index contributed by atoms with van der Waals surface area (Å²) >= 11 is 0. The van der Waals surface area contributed by atoms with E-state index in [2.05, 4.69) is 6.58 Å². The maximum Gasteiger partial charge on any atom is 0.252 e. The van der Waals surface area contributed by atoms with Crippen LogP contribution in [0.25, 0.3) is 0 Å². The molecule has 0 radical (unpaired) electrons. The number of nitrogens with zero attached hydrogens (tertiary/aromatic N) is 1. The number of rotatable bonds is 5. The molecule has 0 spiro atoms. The quantitative estimate of drug-likeness (QED) is 0.824. The first-order chi connectivity index (χ1) is 9.24. The minimum atomic E-state index is -0.974. The van der Waals surface area contributed by atoms with Crippen LogP contribution in [0.15, 0.2) is 43.0 Å². The van der Waals surface area contributed by atoms with E-state index in [4.69, 9.17) is 0 Å². The van der Waals surface area contributed by atoms with Crippen LogP contribution in [0.5, 0.6) is 0 Å². The van der Waals surface area contributed by atoms with Gasteiger partial charge in [-0.05, 0) is 24.8 Å². The molecule has 0 bridgehead atoms. The summed E-state index contributed by atoms with van der Waals surface area (Å²) < 4.78 is 0. The minimum absolute atomic E-state index is 0.145. The van der Waals surface area contributed by atoms with Crippen molar-refractivity contribution < 1.29 is 9.90 Å². The number of aliphatic hydroxyl groups excluding tert-OH is 1. The largest absolute Gasteiger partial charge is 0.383 e. The second kappa shape index (κ2) is 6.53. The summed E-state index contributed by atoms with van der Waals surface area (Å²) in [6, 6.07) is 9.70. The fraction of sp³-hybridized carbons (Fsp3) is 0.438. The van der Waals surface area contributed by atoms with Crippen LogP contribution >= 0.6 is 0 Å². The standard InChI is InChI=1S/C16H21NO2/c1-2-8-14(13-9-4-3-5-10-13)15(18)16(19)17-11-6-7-12-17/h2-5,9-10,14-15,18H,1,6-8,11-12H2/t14-,15+/m1/s1. The number of allylic oxidation sites excluding steroid dienone is 1. The van der Waals surface area contributed by atoms with E-state index in [1.54, 1.807) is 11.0 Å². The molecule has 1 saturated heterocycles. The summed E-state index contributed by atoms with van der Waals surface area (Å²) in [7, 11) is 0. The Morgan fingerprint density at radius 2 is 1.95 bits per heavy atom. The fourth-order valence-electron chi connectivity index (χ4n) is 2.62. The summed E-state index contributed by atoms with van der Waals surface area (Å²) in [6.07, 6.45) is 3.47. The summed E-state index contributed by atoms with van der Waals surface area (Å²) in [5.74, 6) is -0.347. The Morgan fingerprint density at radius 3 is 2.53 bits per heavy atom. The van der Waals surface area contributed by atoms with E-state index in [0.717, 1.165) is 31.5 Å². The van der Waals surface area contributed by atoms with Gasteiger partial charge in [0.25, 0.3) is 5.91 Å². The van der Waals surface area contributed by atoms with Gasteiger partial charge in [-0.2, -0.15) is 0 Å². The van der Waals surface area contributed by atoms with Crippen LogP contribution < -0.4 is 0 Å². The number of hydrogen-bond acceptors (Lipinski definition) is 2. The molecule has 1 N–H and O–H groups in total. The molecule has 0 unspecified atom stereocenters. The Balaban J connectivity index is 2.14. The smallest absolute Gasteiger partial charge is 0.252 e. The van der Waals surface area contributed by atoms with Gasteiger partial charge in [0.2, 0.25) is 0 Å². The van der Waals surface area contributed by atoms with Crippen LogP contribution in [0.3, 0.4) is 0 Å². The first-order valence-electron chi connectivity index (χ1n) is 6.86. The van der Waals surface area contributed by atoms with Crippen molar-refractivity contribution in [3.8, 4) is 0 Å². The van der Waals surface area contributed by atoms with Crippen LogP contribution in [0, 0.1) is 0 Å². The number of aliphatic hydroxyl groups is 1. The van der Waals surface area contributed by atoms with Crippen molar-refractivity contribution in [3.63, 3.8) is 0 Å². The van der Waals surface area contributed by atoms with Crippen molar-refractivity contribution >= 4 is 5.91 Å². The Morgan fingerprint density at radius 1 is 1.32 bits per heavy atom. The zero-order valence-electron chi connectivity index (χ0n) is 11.2. The summed E-state index contributed by atoms with van der Waals surface area (Å²) in [4.78, 5) is 14.0. The molecule has 19 heavy (non-hydrogen) atoms. The Hall–Kier alpha value is -1.61. The van der Waals surface area contributed by atoms with Crippen LogP contribution in [-0.4, -0.2) is 35.1 Å². The molecule has 1 fully saturated rings. The molecule has 0 aromatic heterocycles. The number of likely N-dealkylation sites (tertiary alicyclic amines) is 1. The third kappa shape index (κ3) is 3.24. The average Bonchev–Trinajstić information content (AvgIpc) is 2.98. The van der Waals surface area contributed by atoms with Crippen LogP contribution in [-0.2, 0) is 4.79 Å². The molecule has 2 rings (SSSR count). The lowest BCUT2D eigenvalue weighted by Crippen LogP contribution is -2.40. The molecule has 2 atom stereocenters. The Bertz CT molecular complexity index is 424. The van der Waals surface area contributed by atoms with Gasteiger partial charge in [-0.1, -0.05) is 36.4 Å². The zero-order chi connectivity index (χ0) is 13.7. The van der Waals surface area contributed by atoms with Gasteiger partial charge in [0.1, 0.15) is 6.10 Å². The van der Waals surface area contributed by atoms with Crippen molar-refractivity contribution in [1.29, 1.82) is 0 Å². The fourth-order valence-corrected chi connectivity index (χ4v) is 2.62. The third-order valence-corrected chi connectivity index (χ3v) is 3.70. The van der Waals surface area contributed by atoms with E-state index in [0.29, 0.717) is 6.42 Å². The van der Waals surface area contributed by atoms with E-state index in [1.165, 1.54) is 0 Å². The lowest BCUT2D eigenvalue weighted by Gasteiger charge is -2.26. The van der Waals surface area contributed by atoms with Crippen molar-refractivity contribution in [1.82, 2.24) is 4.90 Å². The van der Waals surface area contributed by atoms with Gasteiger partial charge in [0.15, 0.2) is 0 Å². The van der Waals surface area contributed by atoms with Gasteiger partial charge in [-0.15, -0.1) is 6.58 Å². The van der Waals surface area contributed by atoms with Crippen LogP contribution in [0.1, 0.15) is 30.7 Å². The molecule has 3 heteroatoms. The molecular formula is C16H21NO2. The third-order valence-electron chi connectivity index (χ3n) is 3.70. The maximum atomic E-state index is 12.3. The highest BCUT2D eigenvalue weighted by Crippen LogP contribution is 2.26. The number of carbonyl (C=O) groups excluding carboxylic acids is 1. The predicted octanol–water partition coefficient (Wildman–Crippen LogP) is 2.33. The maximum absolute atomic E-state index is 12.3. The molecule has 0 saturated carbocycles. The molecule has 1 aliphatic heterocycles. The predicted molar refractivity (Wildman–Crippen MR) is 75.8 cm³/mol. The zero-order valence-corrected chi connectivity index (χ0v) is 11.2. The van der Waals surface area contributed by atoms with E-state index < -0.39 is 6.10 Å². The minimum Gasteiger partial charge on any atom is -0.383 e. The van der Waals surface area contributed by atoms with Gasteiger partial charge in [0.05, 0.1) is 0 Å². The van der Waals surface area contributed by atoms with E-state index in [1.807, 2.05) is 30.3 Å². The topological polar surface area (TPSA) is 40.5 Å². The van der Waals surface area contributed by atoms with Crippen molar-refractivity contribution in [2.45, 2.75) is 31.3 Å². The van der Waals surface area contributed by atoms with E-state index >= 15 is 0 Å². The molecule has 1 amide bonds.